The molecule has 0 aliphatic heterocycles. The number of benzene rings is 1. The van der Waals surface area contributed by atoms with E-state index in [1.54, 1.807) is 0 Å². The van der Waals surface area contributed by atoms with Crippen LogP contribution in [0.15, 0.2) is 48.8 Å². The molecule has 0 N–H and O–H groups in total. The van der Waals surface area contributed by atoms with Crippen LogP contribution in [0.1, 0.15) is 70.4 Å². The van der Waals surface area contributed by atoms with Crippen LogP contribution in [0.25, 0.3) is 16.7 Å². The third-order valence-electron chi connectivity index (χ3n) is 5.58. The van der Waals surface area contributed by atoms with Gasteiger partial charge >= 0.3 is 0 Å². The molecule has 0 saturated carbocycles. The molecule has 0 fully saturated rings. The summed E-state index contributed by atoms with van der Waals surface area (Å²) in [6.45, 7) is 11.4. The van der Waals surface area contributed by atoms with Gasteiger partial charge in [0.2, 0.25) is 0 Å². The van der Waals surface area contributed by atoms with E-state index in [0.717, 1.165) is 12.2 Å². The summed E-state index contributed by atoms with van der Waals surface area (Å²) in [6.07, 6.45) is 6.41. The number of hydrogen-bond acceptors (Lipinski definition) is 1. The summed E-state index contributed by atoms with van der Waals surface area (Å²) in [5.74, 6) is 2.86. The first-order valence-corrected chi connectivity index (χ1v) is 9.62. The van der Waals surface area contributed by atoms with Crippen molar-refractivity contribution in [2.24, 2.45) is 5.92 Å². The fourth-order valence-corrected chi connectivity index (χ4v) is 3.79. The van der Waals surface area contributed by atoms with Crippen LogP contribution in [0.5, 0.6) is 0 Å². The molecule has 0 aliphatic carbocycles. The first kappa shape index (κ1) is 17.7. The highest BCUT2D eigenvalue weighted by molar-refractivity contribution is 5.82. The van der Waals surface area contributed by atoms with Crippen LogP contribution in [-0.2, 0) is 0 Å². The van der Waals surface area contributed by atoms with Crippen LogP contribution in [-0.4, -0.2) is 9.55 Å². The zero-order chi connectivity index (χ0) is 18.0. The molecule has 3 aromatic rings. The largest absolute Gasteiger partial charge is 0.301 e. The van der Waals surface area contributed by atoms with E-state index in [9.17, 15) is 0 Å². The molecule has 1 aromatic carbocycles. The third-order valence-corrected chi connectivity index (χ3v) is 5.58. The van der Waals surface area contributed by atoms with Gasteiger partial charge in [0, 0.05) is 17.8 Å². The van der Waals surface area contributed by atoms with E-state index in [2.05, 4.69) is 86.8 Å². The van der Waals surface area contributed by atoms with Crippen LogP contribution < -0.4 is 0 Å². The molecule has 2 atom stereocenters. The summed E-state index contributed by atoms with van der Waals surface area (Å²) in [7, 11) is 0. The predicted molar refractivity (Wildman–Crippen MR) is 108 cm³/mol. The Bertz CT molecular complexity index is 844. The highest BCUT2D eigenvalue weighted by Crippen LogP contribution is 2.31. The lowest BCUT2D eigenvalue weighted by molar-refractivity contribution is 0.485. The molecule has 0 aliphatic rings. The average molecular weight is 335 g/mol. The second-order valence-electron chi connectivity index (χ2n) is 7.52. The van der Waals surface area contributed by atoms with Crippen molar-refractivity contribution in [1.82, 2.24) is 9.55 Å². The monoisotopic (exact) mass is 334 g/mol. The van der Waals surface area contributed by atoms with Gasteiger partial charge < -0.3 is 4.57 Å². The van der Waals surface area contributed by atoms with E-state index in [1.807, 2.05) is 6.20 Å². The van der Waals surface area contributed by atoms with Gasteiger partial charge in [-0.2, -0.15) is 0 Å². The third kappa shape index (κ3) is 3.49. The van der Waals surface area contributed by atoms with Crippen LogP contribution in [0, 0.1) is 5.92 Å². The van der Waals surface area contributed by atoms with Gasteiger partial charge in [-0.25, -0.2) is 4.98 Å². The number of pyridine rings is 1. The lowest BCUT2D eigenvalue weighted by Gasteiger charge is -2.19. The Kier molecular flexibility index (Phi) is 5.27. The number of aromatic nitrogens is 2. The van der Waals surface area contributed by atoms with Gasteiger partial charge in [0.05, 0.1) is 5.52 Å². The quantitative estimate of drug-likeness (QED) is 0.491. The van der Waals surface area contributed by atoms with Crippen molar-refractivity contribution in [1.29, 1.82) is 0 Å². The number of hydrogen-bond donors (Lipinski definition) is 0. The van der Waals surface area contributed by atoms with Crippen molar-refractivity contribution >= 4 is 10.9 Å². The summed E-state index contributed by atoms with van der Waals surface area (Å²) in [4.78, 5) is 4.61. The molecule has 0 amide bonds. The van der Waals surface area contributed by atoms with Gasteiger partial charge in [-0.3, -0.25) is 0 Å². The average Bonchev–Trinajstić information content (AvgIpc) is 3.04. The molecule has 3 rings (SSSR count). The van der Waals surface area contributed by atoms with E-state index >= 15 is 0 Å². The standard InChI is InChI=1S/C23H30N2/c1-6-17(5)18-10-12-24-23(15-18)25-13-11-20-14-19(8-9-22(20)25)21(7-2)16(3)4/h8-17,21H,6-7H2,1-5H3. The van der Waals surface area contributed by atoms with Crippen molar-refractivity contribution in [2.75, 3.05) is 0 Å². The minimum atomic E-state index is 0.562. The fraction of sp³-hybridized carbons (Fsp3) is 0.435. The smallest absolute Gasteiger partial charge is 0.137 e. The molecule has 0 spiro atoms. The minimum Gasteiger partial charge on any atom is -0.301 e. The molecule has 2 heterocycles. The maximum atomic E-state index is 4.61. The maximum absolute atomic E-state index is 4.61. The van der Waals surface area contributed by atoms with Crippen molar-refractivity contribution < 1.29 is 0 Å². The molecule has 0 saturated heterocycles. The molecule has 2 aromatic heterocycles. The maximum Gasteiger partial charge on any atom is 0.137 e. The molecule has 25 heavy (non-hydrogen) atoms. The summed E-state index contributed by atoms with van der Waals surface area (Å²) < 4.78 is 2.21. The SMILES string of the molecule is CCC(C)c1ccnc(-n2ccc3cc(C(CC)C(C)C)ccc32)c1. The molecule has 2 nitrogen and oxygen atoms in total. The molecule has 2 heteroatoms. The lowest BCUT2D eigenvalue weighted by Crippen LogP contribution is -2.05. The first-order valence-electron chi connectivity index (χ1n) is 9.62. The Morgan fingerprint density at radius 1 is 0.920 bits per heavy atom. The van der Waals surface area contributed by atoms with E-state index < -0.39 is 0 Å². The highest BCUT2D eigenvalue weighted by Gasteiger charge is 2.15. The predicted octanol–water partition coefficient (Wildman–Crippen LogP) is 6.69. The van der Waals surface area contributed by atoms with Crippen LogP contribution in [0.4, 0.5) is 0 Å². The zero-order valence-electron chi connectivity index (χ0n) is 16.2. The van der Waals surface area contributed by atoms with E-state index in [0.29, 0.717) is 17.8 Å². The van der Waals surface area contributed by atoms with Gasteiger partial charge in [-0.1, -0.05) is 40.7 Å². The van der Waals surface area contributed by atoms with Crippen molar-refractivity contribution in [3.8, 4) is 5.82 Å². The topological polar surface area (TPSA) is 17.8 Å². The number of rotatable bonds is 6. The minimum absolute atomic E-state index is 0.562. The van der Waals surface area contributed by atoms with Gasteiger partial charge in [0.1, 0.15) is 5.82 Å². The van der Waals surface area contributed by atoms with Crippen LogP contribution in [0.2, 0.25) is 0 Å². The normalized spacial score (nSPS) is 14.2. The van der Waals surface area contributed by atoms with E-state index in [4.69, 9.17) is 0 Å². The Hall–Kier alpha value is -2.09. The van der Waals surface area contributed by atoms with E-state index in [1.165, 1.54) is 28.5 Å². The Balaban J connectivity index is 2.02. The van der Waals surface area contributed by atoms with Gasteiger partial charge in [0.15, 0.2) is 0 Å². The number of nitrogens with zero attached hydrogens (tertiary/aromatic N) is 2. The van der Waals surface area contributed by atoms with Crippen LogP contribution >= 0.6 is 0 Å². The fourth-order valence-electron chi connectivity index (χ4n) is 3.79. The zero-order valence-corrected chi connectivity index (χ0v) is 16.2. The second-order valence-corrected chi connectivity index (χ2v) is 7.52. The first-order chi connectivity index (χ1) is 12.0. The van der Waals surface area contributed by atoms with Gasteiger partial charge in [-0.15, -0.1) is 0 Å². The van der Waals surface area contributed by atoms with Crippen LogP contribution in [0.3, 0.4) is 0 Å². The van der Waals surface area contributed by atoms with E-state index in [-0.39, 0.29) is 0 Å². The Morgan fingerprint density at radius 3 is 2.40 bits per heavy atom. The molecule has 2 unspecified atom stereocenters. The molecule has 0 radical (unpaired) electrons. The molecular formula is C23H30N2. The van der Waals surface area contributed by atoms with Gasteiger partial charge in [0.25, 0.3) is 0 Å². The van der Waals surface area contributed by atoms with Crippen molar-refractivity contribution in [2.45, 2.75) is 59.3 Å². The molecular weight excluding hydrogens is 304 g/mol. The van der Waals surface area contributed by atoms with Crippen molar-refractivity contribution in [3.63, 3.8) is 0 Å². The summed E-state index contributed by atoms with van der Waals surface area (Å²) >= 11 is 0. The summed E-state index contributed by atoms with van der Waals surface area (Å²) in [6, 6.07) is 13.5. The Morgan fingerprint density at radius 2 is 1.72 bits per heavy atom. The Labute approximate surface area is 151 Å². The van der Waals surface area contributed by atoms with Crippen molar-refractivity contribution in [3.05, 3.63) is 59.9 Å². The van der Waals surface area contributed by atoms with Gasteiger partial charge in [-0.05, 0) is 72.1 Å². The lowest BCUT2D eigenvalue weighted by atomic mass is 9.86. The highest BCUT2D eigenvalue weighted by atomic mass is 15.0. The number of fused-ring (bicyclic) bond motifs is 1. The molecule has 0 bridgehead atoms. The molecule has 132 valence electrons. The second kappa shape index (κ2) is 7.43. The summed E-state index contributed by atoms with van der Waals surface area (Å²) in [5.41, 5.74) is 4.04. The summed E-state index contributed by atoms with van der Waals surface area (Å²) in [5, 5.41) is 1.30.